The van der Waals surface area contributed by atoms with E-state index in [0.717, 1.165) is 30.0 Å². The molecule has 138 valence electrons. The average molecular weight is 366 g/mol. The first-order valence-electron chi connectivity index (χ1n) is 8.53. The van der Waals surface area contributed by atoms with E-state index in [0.29, 0.717) is 36.4 Å². The molecule has 1 N–H and O–H groups in total. The lowest BCUT2D eigenvalue weighted by molar-refractivity contribution is -0.120. The van der Waals surface area contributed by atoms with Crippen molar-refractivity contribution < 1.29 is 9.53 Å². The predicted molar refractivity (Wildman–Crippen MR) is 99.0 cm³/mol. The van der Waals surface area contributed by atoms with E-state index in [1.165, 1.54) is 11.8 Å². The maximum atomic E-state index is 12.2. The van der Waals surface area contributed by atoms with E-state index in [1.807, 2.05) is 20.1 Å². The first-order valence-corrected chi connectivity index (χ1v) is 9.76. The van der Waals surface area contributed by atoms with Crippen LogP contribution >= 0.6 is 11.8 Å². The number of hydrogen-bond donors (Lipinski definition) is 1. The Hall–Kier alpha value is -1.67. The monoisotopic (exact) mass is 365 g/mol. The number of aryl methyl sites for hydroxylation is 2. The summed E-state index contributed by atoms with van der Waals surface area (Å²) in [7, 11) is 0. The standard InChI is InChI=1S/C17H27N5O2S/c1-11(2)10-24-8-6-7-18-15(23)9-14-12(3)19-16-20-17(25-5)21-22(16)13(14)4/h11H,6-10H2,1-5H3,(H,18,23). The summed E-state index contributed by atoms with van der Waals surface area (Å²) in [5.74, 6) is 1.10. The van der Waals surface area contributed by atoms with Crippen LogP contribution in [0.4, 0.5) is 0 Å². The summed E-state index contributed by atoms with van der Waals surface area (Å²) in [5, 5.41) is 8.03. The molecule has 0 aliphatic carbocycles. The van der Waals surface area contributed by atoms with Gasteiger partial charge in [-0.15, -0.1) is 5.10 Å². The van der Waals surface area contributed by atoms with E-state index in [2.05, 4.69) is 34.2 Å². The molecule has 0 radical (unpaired) electrons. The Morgan fingerprint density at radius 2 is 2.08 bits per heavy atom. The highest BCUT2D eigenvalue weighted by Crippen LogP contribution is 2.17. The third kappa shape index (κ3) is 5.40. The number of aromatic nitrogens is 4. The Balaban J connectivity index is 1.92. The number of fused-ring (bicyclic) bond motifs is 1. The number of hydrogen-bond acceptors (Lipinski definition) is 6. The minimum Gasteiger partial charge on any atom is -0.381 e. The zero-order chi connectivity index (χ0) is 18.4. The fraction of sp³-hybridized carbons (Fsp3) is 0.647. The van der Waals surface area contributed by atoms with Crippen LogP contribution in [0.2, 0.25) is 0 Å². The summed E-state index contributed by atoms with van der Waals surface area (Å²) in [4.78, 5) is 21.1. The molecular weight excluding hydrogens is 338 g/mol. The molecule has 0 unspecified atom stereocenters. The van der Waals surface area contributed by atoms with Gasteiger partial charge in [0.1, 0.15) is 0 Å². The van der Waals surface area contributed by atoms with Crippen molar-refractivity contribution in [1.29, 1.82) is 0 Å². The van der Waals surface area contributed by atoms with Crippen molar-refractivity contribution >= 4 is 23.4 Å². The van der Waals surface area contributed by atoms with Crippen molar-refractivity contribution in [1.82, 2.24) is 24.9 Å². The predicted octanol–water partition coefficient (Wildman–Crippen LogP) is 2.18. The summed E-state index contributed by atoms with van der Waals surface area (Å²) in [6, 6.07) is 0. The number of nitrogens with zero attached hydrogens (tertiary/aromatic N) is 4. The van der Waals surface area contributed by atoms with Crippen LogP contribution in [0.1, 0.15) is 37.2 Å². The van der Waals surface area contributed by atoms with Crippen LogP contribution in [0.25, 0.3) is 5.78 Å². The molecule has 1 amide bonds. The fourth-order valence-electron chi connectivity index (χ4n) is 2.48. The molecule has 0 saturated heterocycles. The molecule has 0 spiro atoms. The van der Waals surface area contributed by atoms with Crippen molar-refractivity contribution in [3.05, 3.63) is 17.0 Å². The Labute approximate surface area is 153 Å². The molecule has 0 aliphatic rings. The van der Waals surface area contributed by atoms with Gasteiger partial charge in [-0.2, -0.15) is 4.98 Å². The summed E-state index contributed by atoms with van der Waals surface area (Å²) in [6.45, 7) is 10.1. The van der Waals surface area contributed by atoms with Gasteiger partial charge in [0.2, 0.25) is 11.1 Å². The minimum atomic E-state index is -0.0126. The van der Waals surface area contributed by atoms with Gasteiger partial charge in [0.05, 0.1) is 6.42 Å². The molecule has 0 aromatic carbocycles. The number of carbonyl (C=O) groups excluding carboxylic acids is 1. The first-order chi connectivity index (χ1) is 11.9. The van der Waals surface area contributed by atoms with Gasteiger partial charge in [-0.1, -0.05) is 25.6 Å². The Bertz CT molecular complexity index is 729. The summed E-state index contributed by atoms with van der Waals surface area (Å²) >= 11 is 1.47. The van der Waals surface area contributed by atoms with Gasteiger partial charge in [0.25, 0.3) is 5.78 Å². The van der Waals surface area contributed by atoms with Crippen molar-refractivity contribution in [3.63, 3.8) is 0 Å². The van der Waals surface area contributed by atoms with Gasteiger partial charge in [-0.05, 0) is 32.4 Å². The van der Waals surface area contributed by atoms with Gasteiger partial charge in [0.15, 0.2) is 0 Å². The van der Waals surface area contributed by atoms with E-state index in [1.54, 1.807) is 4.52 Å². The Kier molecular flexibility index (Phi) is 7.19. The number of ether oxygens (including phenoxy) is 1. The van der Waals surface area contributed by atoms with Gasteiger partial charge in [-0.25, -0.2) is 9.50 Å². The van der Waals surface area contributed by atoms with Crippen LogP contribution in [-0.2, 0) is 16.0 Å². The molecule has 7 nitrogen and oxygen atoms in total. The molecule has 0 atom stereocenters. The second-order valence-electron chi connectivity index (χ2n) is 6.42. The third-order valence-electron chi connectivity index (χ3n) is 3.79. The lowest BCUT2D eigenvalue weighted by Gasteiger charge is -2.11. The SMILES string of the molecule is CSc1nc2nc(C)c(CC(=O)NCCCOCC(C)C)c(C)n2n1. The maximum absolute atomic E-state index is 12.2. The van der Waals surface area contributed by atoms with Gasteiger partial charge in [-0.3, -0.25) is 4.79 Å². The highest BCUT2D eigenvalue weighted by molar-refractivity contribution is 7.98. The number of rotatable bonds is 9. The largest absolute Gasteiger partial charge is 0.381 e. The normalized spacial score (nSPS) is 11.4. The molecule has 2 heterocycles. The topological polar surface area (TPSA) is 81.4 Å². The average Bonchev–Trinajstić information content (AvgIpc) is 2.97. The molecule has 2 rings (SSSR count). The second kappa shape index (κ2) is 9.15. The quantitative estimate of drug-likeness (QED) is 0.542. The Morgan fingerprint density at radius 3 is 2.76 bits per heavy atom. The van der Waals surface area contributed by atoms with E-state index in [4.69, 9.17) is 4.74 Å². The lowest BCUT2D eigenvalue weighted by atomic mass is 10.1. The maximum Gasteiger partial charge on any atom is 0.253 e. The van der Waals surface area contributed by atoms with Crippen molar-refractivity contribution in [3.8, 4) is 0 Å². The zero-order valence-electron chi connectivity index (χ0n) is 15.6. The lowest BCUT2D eigenvalue weighted by Crippen LogP contribution is -2.28. The fourth-order valence-corrected chi connectivity index (χ4v) is 2.81. The van der Waals surface area contributed by atoms with Crippen molar-refractivity contribution in [2.24, 2.45) is 5.92 Å². The van der Waals surface area contributed by atoms with E-state index >= 15 is 0 Å². The van der Waals surface area contributed by atoms with Crippen LogP contribution in [0.5, 0.6) is 0 Å². The van der Waals surface area contributed by atoms with Crippen molar-refractivity contribution in [2.45, 2.75) is 45.7 Å². The Morgan fingerprint density at radius 1 is 1.32 bits per heavy atom. The van der Waals surface area contributed by atoms with E-state index in [9.17, 15) is 4.79 Å². The summed E-state index contributed by atoms with van der Waals surface area (Å²) in [6.07, 6.45) is 3.03. The number of carbonyl (C=O) groups is 1. The van der Waals surface area contributed by atoms with Crippen LogP contribution in [0.3, 0.4) is 0 Å². The van der Waals surface area contributed by atoms with Crippen molar-refractivity contribution in [2.75, 3.05) is 26.0 Å². The molecule has 0 saturated carbocycles. The molecule has 0 aliphatic heterocycles. The first kappa shape index (κ1) is 19.7. The zero-order valence-corrected chi connectivity index (χ0v) is 16.4. The molecule has 0 fully saturated rings. The molecule has 2 aromatic heterocycles. The third-order valence-corrected chi connectivity index (χ3v) is 4.33. The molecule has 0 bridgehead atoms. The van der Waals surface area contributed by atoms with Crippen LogP contribution in [-0.4, -0.2) is 51.5 Å². The van der Waals surface area contributed by atoms with Gasteiger partial charge < -0.3 is 10.1 Å². The molecule has 25 heavy (non-hydrogen) atoms. The number of amides is 1. The van der Waals surface area contributed by atoms with Crippen LogP contribution in [0.15, 0.2) is 5.16 Å². The number of thioether (sulfide) groups is 1. The second-order valence-corrected chi connectivity index (χ2v) is 7.19. The van der Waals surface area contributed by atoms with Crippen LogP contribution < -0.4 is 5.32 Å². The van der Waals surface area contributed by atoms with E-state index in [-0.39, 0.29) is 5.91 Å². The van der Waals surface area contributed by atoms with Gasteiger partial charge in [0, 0.05) is 36.7 Å². The van der Waals surface area contributed by atoms with Gasteiger partial charge >= 0.3 is 0 Å². The molecular formula is C17H27N5O2S. The highest BCUT2D eigenvalue weighted by atomic mass is 32.2. The minimum absolute atomic E-state index is 0.0126. The molecule has 8 heteroatoms. The molecule has 2 aromatic rings. The van der Waals surface area contributed by atoms with E-state index < -0.39 is 0 Å². The summed E-state index contributed by atoms with van der Waals surface area (Å²) in [5.41, 5.74) is 2.63. The summed E-state index contributed by atoms with van der Waals surface area (Å²) < 4.78 is 7.22. The smallest absolute Gasteiger partial charge is 0.253 e. The highest BCUT2D eigenvalue weighted by Gasteiger charge is 2.15. The number of nitrogens with one attached hydrogen (secondary N) is 1. The van der Waals surface area contributed by atoms with Crippen LogP contribution in [0, 0.1) is 19.8 Å².